The molecule has 2 amide bonds. The Bertz CT molecular complexity index is 1190. The number of sulfonamides is 1. The van der Waals surface area contributed by atoms with Crippen LogP contribution in [0, 0.1) is 0 Å². The molecule has 0 bridgehead atoms. The number of anilines is 1. The molecule has 0 saturated carbocycles. The van der Waals surface area contributed by atoms with Crippen LogP contribution in [0.5, 0.6) is 11.5 Å². The molecule has 202 valence electrons. The fraction of sp³-hybridized carbons (Fsp3) is 0.462. The maximum atomic E-state index is 13.3. The van der Waals surface area contributed by atoms with Gasteiger partial charge in [0.2, 0.25) is 21.8 Å². The predicted octanol–water partition coefficient (Wildman–Crippen LogP) is 3.60. The van der Waals surface area contributed by atoms with Crippen LogP contribution < -0.4 is 19.1 Å². The molecule has 1 N–H and O–H groups in total. The van der Waals surface area contributed by atoms with Gasteiger partial charge in [-0.05, 0) is 49.6 Å². The monoisotopic (exact) mass is 551 g/mol. The van der Waals surface area contributed by atoms with E-state index in [1.165, 1.54) is 9.21 Å². The van der Waals surface area contributed by atoms with Crippen molar-refractivity contribution in [1.82, 2.24) is 10.2 Å². The smallest absolute Gasteiger partial charge is 0.242 e. The Labute approximate surface area is 223 Å². The molecule has 0 radical (unpaired) electrons. The average Bonchev–Trinajstić information content (AvgIpc) is 2.87. The third-order valence-corrected chi connectivity index (χ3v) is 7.39. The standard InChI is InChI=1S/C26H34ClN3O6S/c1-4-13-28-26(32)19(2)29(18-20-7-9-21(27)10-8-20)25(31)6-5-14-30(37(3,33)34)22-11-12-23-24(17-22)36-16-15-35-23/h7-12,17,19H,4-6,13-16,18H2,1-3H3,(H,28,32)/t19-/m1/s1. The van der Waals surface area contributed by atoms with Gasteiger partial charge in [-0.2, -0.15) is 0 Å². The van der Waals surface area contributed by atoms with Crippen molar-refractivity contribution in [3.8, 4) is 11.5 Å². The fourth-order valence-electron chi connectivity index (χ4n) is 3.96. The van der Waals surface area contributed by atoms with Gasteiger partial charge in [0.15, 0.2) is 11.5 Å². The van der Waals surface area contributed by atoms with Crippen molar-refractivity contribution in [3.63, 3.8) is 0 Å². The van der Waals surface area contributed by atoms with Crippen molar-refractivity contribution in [3.05, 3.63) is 53.1 Å². The number of hydrogen-bond donors (Lipinski definition) is 1. The molecule has 37 heavy (non-hydrogen) atoms. The second kappa shape index (κ2) is 13.0. The molecule has 0 unspecified atom stereocenters. The van der Waals surface area contributed by atoms with Gasteiger partial charge in [-0.25, -0.2) is 8.42 Å². The largest absolute Gasteiger partial charge is 0.486 e. The summed E-state index contributed by atoms with van der Waals surface area (Å²) in [4.78, 5) is 27.5. The zero-order valence-corrected chi connectivity index (χ0v) is 23.0. The van der Waals surface area contributed by atoms with Gasteiger partial charge in [0.05, 0.1) is 11.9 Å². The van der Waals surface area contributed by atoms with Gasteiger partial charge in [-0.3, -0.25) is 13.9 Å². The molecular weight excluding hydrogens is 518 g/mol. The van der Waals surface area contributed by atoms with Gasteiger partial charge in [-0.15, -0.1) is 0 Å². The molecule has 1 heterocycles. The molecule has 3 rings (SSSR count). The van der Waals surface area contributed by atoms with E-state index < -0.39 is 16.1 Å². The summed E-state index contributed by atoms with van der Waals surface area (Å²) in [5, 5.41) is 3.42. The molecule has 1 aliphatic heterocycles. The maximum Gasteiger partial charge on any atom is 0.242 e. The molecule has 0 aliphatic carbocycles. The van der Waals surface area contributed by atoms with Gasteiger partial charge < -0.3 is 19.7 Å². The SMILES string of the molecule is CCCNC(=O)[C@@H](C)N(Cc1ccc(Cl)cc1)C(=O)CCCN(c1ccc2c(c1)OCCO2)S(C)(=O)=O. The number of rotatable bonds is 12. The van der Waals surface area contributed by atoms with Gasteiger partial charge in [0.25, 0.3) is 0 Å². The van der Waals surface area contributed by atoms with Crippen LogP contribution >= 0.6 is 11.6 Å². The number of halogens is 1. The summed E-state index contributed by atoms with van der Waals surface area (Å²) < 4.78 is 37.5. The number of carbonyl (C=O) groups excluding carboxylic acids is 2. The van der Waals surface area contributed by atoms with E-state index in [4.69, 9.17) is 21.1 Å². The number of benzene rings is 2. The van der Waals surface area contributed by atoms with Crippen LogP contribution in [0.15, 0.2) is 42.5 Å². The first-order chi connectivity index (χ1) is 17.6. The van der Waals surface area contributed by atoms with E-state index in [2.05, 4.69) is 5.32 Å². The lowest BCUT2D eigenvalue weighted by Crippen LogP contribution is -2.47. The molecule has 2 aromatic rings. The Morgan fingerprint density at radius 2 is 1.76 bits per heavy atom. The second-order valence-corrected chi connectivity index (χ2v) is 11.2. The summed E-state index contributed by atoms with van der Waals surface area (Å²) in [7, 11) is -3.62. The highest BCUT2D eigenvalue weighted by atomic mass is 35.5. The van der Waals surface area contributed by atoms with Gasteiger partial charge in [0, 0.05) is 37.1 Å². The van der Waals surface area contributed by atoms with Crippen LogP contribution in [0.25, 0.3) is 0 Å². The summed E-state index contributed by atoms with van der Waals surface area (Å²) in [6, 6.07) is 11.4. The van der Waals surface area contributed by atoms with Crippen molar-refractivity contribution in [2.75, 3.05) is 36.9 Å². The summed E-state index contributed by atoms with van der Waals surface area (Å²) in [5.74, 6) is 0.560. The van der Waals surface area contributed by atoms with E-state index in [0.717, 1.165) is 18.2 Å². The third-order valence-electron chi connectivity index (χ3n) is 5.95. The lowest BCUT2D eigenvalue weighted by Gasteiger charge is -2.29. The number of fused-ring (bicyclic) bond motifs is 1. The van der Waals surface area contributed by atoms with Crippen molar-refractivity contribution in [2.24, 2.45) is 0 Å². The zero-order chi connectivity index (χ0) is 27.0. The van der Waals surface area contributed by atoms with Crippen LogP contribution in [0.4, 0.5) is 5.69 Å². The fourth-order valence-corrected chi connectivity index (χ4v) is 5.04. The third kappa shape index (κ3) is 8.00. The molecule has 1 atom stereocenters. The quantitative estimate of drug-likeness (QED) is 0.432. The predicted molar refractivity (Wildman–Crippen MR) is 144 cm³/mol. The normalized spacial score (nSPS) is 13.5. The molecule has 1 aliphatic rings. The van der Waals surface area contributed by atoms with Gasteiger partial charge in [-0.1, -0.05) is 30.7 Å². The molecule has 9 nitrogen and oxygen atoms in total. The Morgan fingerprint density at radius 1 is 1.08 bits per heavy atom. The molecule has 0 fully saturated rings. The number of amides is 2. The first-order valence-electron chi connectivity index (χ1n) is 12.3. The molecular formula is C26H34ClN3O6S. The molecule has 0 saturated heterocycles. The van der Waals surface area contributed by atoms with E-state index in [1.54, 1.807) is 37.3 Å². The minimum Gasteiger partial charge on any atom is -0.486 e. The Hall–Kier alpha value is -2.98. The van der Waals surface area contributed by atoms with Crippen molar-refractivity contribution >= 4 is 39.1 Å². The van der Waals surface area contributed by atoms with E-state index in [-0.39, 0.29) is 37.7 Å². The van der Waals surface area contributed by atoms with Crippen LogP contribution in [-0.2, 0) is 26.2 Å². The van der Waals surface area contributed by atoms with Crippen LogP contribution in [0.3, 0.4) is 0 Å². The Balaban J connectivity index is 1.72. The Kier molecular flexibility index (Phi) is 10.0. The lowest BCUT2D eigenvalue weighted by molar-refractivity contribution is -0.140. The average molecular weight is 552 g/mol. The summed E-state index contributed by atoms with van der Waals surface area (Å²) in [6.07, 6.45) is 2.24. The zero-order valence-electron chi connectivity index (χ0n) is 21.4. The van der Waals surface area contributed by atoms with E-state index >= 15 is 0 Å². The van der Waals surface area contributed by atoms with Gasteiger partial charge in [0.1, 0.15) is 19.3 Å². The highest BCUT2D eigenvalue weighted by molar-refractivity contribution is 7.92. The number of ether oxygens (including phenoxy) is 2. The number of nitrogens with one attached hydrogen (secondary N) is 1. The van der Waals surface area contributed by atoms with Crippen LogP contribution in [-0.4, -0.2) is 63.7 Å². The van der Waals surface area contributed by atoms with Crippen molar-refractivity contribution in [1.29, 1.82) is 0 Å². The highest BCUT2D eigenvalue weighted by Gasteiger charge is 2.27. The van der Waals surface area contributed by atoms with Crippen molar-refractivity contribution < 1.29 is 27.5 Å². The summed E-state index contributed by atoms with van der Waals surface area (Å²) in [5.41, 5.74) is 1.27. The molecule has 0 aromatic heterocycles. The highest BCUT2D eigenvalue weighted by Crippen LogP contribution is 2.34. The van der Waals surface area contributed by atoms with E-state index in [0.29, 0.717) is 42.0 Å². The summed E-state index contributed by atoms with van der Waals surface area (Å²) in [6.45, 7) is 5.31. The van der Waals surface area contributed by atoms with E-state index in [1.807, 2.05) is 19.1 Å². The minimum absolute atomic E-state index is 0.0650. The molecule has 0 spiro atoms. The summed E-state index contributed by atoms with van der Waals surface area (Å²) >= 11 is 5.99. The maximum absolute atomic E-state index is 13.3. The second-order valence-electron chi connectivity index (χ2n) is 8.88. The first-order valence-corrected chi connectivity index (χ1v) is 14.5. The number of carbonyl (C=O) groups is 2. The van der Waals surface area contributed by atoms with Crippen molar-refractivity contribution in [2.45, 2.75) is 45.7 Å². The number of nitrogens with zero attached hydrogens (tertiary/aromatic N) is 2. The Morgan fingerprint density at radius 3 is 2.41 bits per heavy atom. The van der Waals surface area contributed by atoms with Crippen LogP contribution in [0.2, 0.25) is 5.02 Å². The first kappa shape index (κ1) is 28.6. The van der Waals surface area contributed by atoms with E-state index in [9.17, 15) is 18.0 Å². The van der Waals surface area contributed by atoms with Crippen LogP contribution in [0.1, 0.15) is 38.7 Å². The topological polar surface area (TPSA) is 105 Å². The molecule has 11 heteroatoms. The molecule has 2 aromatic carbocycles. The minimum atomic E-state index is -3.62. The number of hydrogen-bond acceptors (Lipinski definition) is 6. The van der Waals surface area contributed by atoms with Gasteiger partial charge >= 0.3 is 0 Å². The lowest BCUT2D eigenvalue weighted by atomic mass is 10.1.